The molecule has 114 valence electrons. The zero-order valence-electron chi connectivity index (χ0n) is 11.3. The zero-order chi connectivity index (χ0) is 16.1. The molecule has 1 aromatic carbocycles. The van der Waals surface area contributed by atoms with Crippen LogP contribution in [0.15, 0.2) is 40.2 Å². The van der Waals surface area contributed by atoms with Crippen molar-refractivity contribution < 1.29 is 19.2 Å². The maximum absolute atomic E-state index is 11.8. The molecule has 0 N–H and O–H groups in total. The molecule has 0 saturated heterocycles. The van der Waals surface area contributed by atoms with Gasteiger partial charge in [-0.3, -0.25) is 10.1 Å². The summed E-state index contributed by atoms with van der Waals surface area (Å²) >= 11 is 4.76. The summed E-state index contributed by atoms with van der Waals surface area (Å²) in [6.45, 7) is 0. The van der Waals surface area contributed by atoms with Crippen LogP contribution in [0.1, 0.15) is 4.88 Å². The van der Waals surface area contributed by atoms with Crippen molar-refractivity contribution in [3.05, 3.63) is 55.2 Å². The highest BCUT2D eigenvalue weighted by Crippen LogP contribution is 2.31. The molecule has 0 aliphatic heterocycles. The summed E-state index contributed by atoms with van der Waals surface area (Å²) in [5.41, 5.74) is -0.333. The van der Waals surface area contributed by atoms with Gasteiger partial charge < -0.3 is 9.47 Å². The highest BCUT2D eigenvalue weighted by molar-refractivity contribution is 9.11. The van der Waals surface area contributed by atoms with Crippen molar-refractivity contribution in [3.8, 4) is 11.5 Å². The molecule has 6 nitrogen and oxygen atoms in total. The Bertz CT molecular complexity index is 741. The number of nitro benzene ring substituents is 1. The molecule has 1 aromatic heterocycles. The van der Waals surface area contributed by atoms with Crippen LogP contribution in [0.5, 0.6) is 11.5 Å². The van der Waals surface area contributed by atoms with E-state index in [9.17, 15) is 14.9 Å². The van der Waals surface area contributed by atoms with Crippen LogP contribution in [0, 0.1) is 10.1 Å². The molecule has 0 unspecified atom stereocenters. The smallest absolute Gasteiger partial charge is 0.336 e. The third kappa shape index (κ3) is 4.15. The Morgan fingerprint density at radius 2 is 2.14 bits per heavy atom. The lowest BCUT2D eigenvalue weighted by Crippen LogP contribution is -2.05. The minimum Gasteiger partial charge on any atom is -0.496 e. The summed E-state index contributed by atoms with van der Waals surface area (Å²) < 4.78 is 10.9. The van der Waals surface area contributed by atoms with E-state index in [-0.39, 0.29) is 11.4 Å². The number of hydrogen-bond donors (Lipinski definition) is 0. The molecule has 0 bridgehead atoms. The average molecular weight is 384 g/mol. The first-order valence-corrected chi connectivity index (χ1v) is 7.58. The van der Waals surface area contributed by atoms with Crippen LogP contribution in [0.4, 0.5) is 5.69 Å². The van der Waals surface area contributed by atoms with Gasteiger partial charge in [-0.2, -0.15) is 0 Å². The van der Waals surface area contributed by atoms with Crippen molar-refractivity contribution in [1.29, 1.82) is 0 Å². The lowest BCUT2D eigenvalue weighted by molar-refractivity contribution is -0.385. The summed E-state index contributed by atoms with van der Waals surface area (Å²) in [7, 11) is 1.40. The van der Waals surface area contributed by atoms with Crippen molar-refractivity contribution in [2.45, 2.75) is 0 Å². The van der Waals surface area contributed by atoms with E-state index < -0.39 is 10.9 Å². The number of nitrogens with zero attached hydrogens (tertiary/aromatic N) is 1. The number of methoxy groups -OCH3 is 1. The molecule has 0 aliphatic rings. The van der Waals surface area contributed by atoms with Crippen LogP contribution in [0.25, 0.3) is 6.08 Å². The van der Waals surface area contributed by atoms with Crippen molar-refractivity contribution in [2.24, 2.45) is 0 Å². The molecule has 0 amide bonds. The number of nitro groups is 1. The van der Waals surface area contributed by atoms with Gasteiger partial charge in [0, 0.05) is 11.0 Å². The molecule has 0 spiro atoms. The highest BCUT2D eigenvalue weighted by atomic mass is 79.9. The fourth-order valence-corrected chi connectivity index (χ4v) is 2.89. The van der Waals surface area contributed by atoms with Crippen LogP contribution >= 0.6 is 27.3 Å². The molecule has 1 heterocycles. The predicted octanol–water partition coefficient (Wildman–Crippen LogP) is 4.05. The average Bonchev–Trinajstić information content (AvgIpc) is 2.91. The molecule has 0 fully saturated rings. The molecule has 2 aromatic rings. The molecular weight excluding hydrogens is 374 g/mol. The van der Waals surface area contributed by atoms with Gasteiger partial charge in [0.15, 0.2) is 0 Å². The van der Waals surface area contributed by atoms with Gasteiger partial charge in [-0.05, 0) is 46.3 Å². The molecule has 2 rings (SSSR count). The largest absolute Gasteiger partial charge is 0.496 e. The lowest BCUT2D eigenvalue weighted by Gasteiger charge is -2.04. The first-order valence-electron chi connectivity index (χ1n) is 5.97. The Balaban J connectivity index is 2.14. The molecule has 0 saturated carbocycles. The second-order valence-corrected chi connectivity index (χ2v) is 6.48. The molecule has 22 heavy (non-hydrogen) atoms. The topological polar surface area (TPSA) is 78.7 Å². The second kappa shape index (κ2) is 7.19. The summed E-state index contributed by atoms with van der Waals surface area (Å²) in [6, 6.07) is 7.68. The number of carbonyl (C=O) groups is 1. The fourth-order valence-electron chi connectivity index (χ4n) is 1.56. The van der Waals surface area contributed by atoms with Crippen LogP contribution in [-0.4, -0.2) is 18.0 Å². The van der Waals surface area contributed by atoms with E-state index >= 15 is 0 Å². The van der Waals surface area contributed by atoms with E-state index in [2.05, 4.69) is 15.9 Å². The number of benzene rings is 1. The summed E-state index contributed by atoms with van der Waals surface area (Å²) in [4.78, 5) is 23.0. The van der Waals surface area contributed by atoms with Gasteiger partial charge in [0.2, 0.25) is 5.75 Å². The van der Waals surface area contributed by atoms with Gasteiger partial charge in [0.25, 0.3) is 0 Å². The minimum atomic E-state index is -0.696. The summed E-state index contributed by atoms with van der Waals surface area (Å²) in [6.07, 6.45) is 2.79. The van der Waals surface area contributed by atoms with E-state index in [4.69, 9.17) is 9.47 Å². The maximum Gasteiger partial charge on any atom is 0.336 e. The van der Waals surface area contributed by atoms with Crippen molar-refractivity contribution >= 4 is 45.0 Å². The number of carbonyl (C=O) groups excluding carboxylic acids is 1. The van der Waals surface area contributed by atoms with E-state index in [0.29, 0.717) is 5.75 Å². The van der Waals surface area contributed by atoms with Crippen molar-refractivity contribution in [3.63, 3.8) is 0 Å². The fraction of sp³-hybridized carbons (Fsp3) is 0.0714. The maximum atomic E-state index is 11.8. The molecule has 0 aliphatic carbocycles. The Morgan fingerprint density at radius 1 is 1.36 bits per heavy atom. The number of esters is 1. The van der Waals surface area contributed by atoms with Crippen molar-refractivity contribution in [1.82, 2.24) is 0 Å². The van der Waals surface area contributed by atoms with Gasteiger partial charge in [-0.25, -0.2) is 4.79 Å². The molecule has 8 heteroatoms. The van der Waals surface area contributed by atoms with Crippen LogP contribution in [0.3, 0.4) is 0 Å². The molecular formula is C14H10BrNO5S. The number of ether oxygens (including phenoxy) is 2. The Kier molecular flexibility index (Phi) is 5.29. The van der Waals surface area contributed by atoms with Gasteiger partial charge in [-0.15, -0.1) is 11.3 Å². The Labute approximate surface area is 138 Å². The first-order chi connectivity index (χ1) is 10.5. The Hall–Kier alpha value is -2.19. The van der Waals surface area contributed by atoms with Gasteiger partial charge in [0.1, 0.15) is 5.75 Å². The predicted molar refractivity (Wildman–Crippen MR) is 86.3 cm³/mol. The van der Waals surface area contributed by atoms with E-state index in [1.165, 1.54) is 42.7 Å². The zero-order valence-corrected chi connectivity index (χ0v) is 13.7. The monoisotopic (exact) mass is 383 g/mol. The molecule has 0 radical (unpaired) electrons. The van der Waals surface area contributed by atoms with Gasteiger partial charge >= 0.3 is 11.7 Å². The number of rotatable bonds is 5. The third-order valence-electron chi connectivity index (χ3n) is 2.55. The number of halogens is 1. The SMILES string of the molecule is COc1ccc(OC(=O)/C=C/c2ccc(Br)s2)c([N+](=O)[O-])c1. The summed E-state index contributed by atoms with van der Waals surface area (Å²) in [5.74, 6) is -0.518. The van der Waals surface area contributed by atoms with Crippen molar-refractivity contribution in [2.75, 3.05) is 7.11 Å². The highest BCUT2D eigenvalue weighted by Gasteiger charge is 2.18. The normalized spacial score (nSPS) is 10.6. The lowest BCUT2D eigenvalue weighted by atomic mass is 10.3. The minimum absolute atomic E-state index is 0.132. The van der Waals surface area contributed by atoms with Crippen LogP contribution in [0.2, 0.25) is 0 Å². The second-order valence-electron chi connectivity index (χ2n) is 3.99. The van der Waals surface area contributed by atoms with Gasteiger partial charge in [0.05, 0.1) is 21.9 Å². The standard InChI is InChI=1S/C14H10BrNO5S/c1-20-9-2-5-12(11(8-9)16(18)19)21-14(17)7-4-10-3-6-13(15)22-10/h2-8H,1H3/b7-4+. The van der Waals surface area contributed by atoms with Crippen LogP contribution < -0.4 is 9.47 Å². The number of thiophene rings is 1. The summed E-state index contributed by atoms with van der Waals surface area (Å²) in [5, 5.41) is 11.0. The first kappa shape index (κ1) is 16.2. The number of hydrogen-bond acceptors (Lipinski definition) is 6. The quantitative estimate of drug-likeness (QED) is 0.256. The van der Waals surface area contributed by atoms with Gasteiger partial charge in [-0.1, -0.05) is 0 Å². The van der Waals surface area contributed by atoms with E-state index in [1.54, 1.807) is 6.08 Å². The molecule has 0 atom stereocenters. The van der Waals surface area contributed by atoms with E-state index in [1.807, 2.05) is 12.1 Å². The van der Waals surface area contributed by atoms with E-state index in [0.717, 1.165) is 8.66 Å². The Morgan fingerprint density at radius 3 is 2.73 bits per heavy atom. The third-order valence-corrected chi connectivity index (χ3v) is 4.14. The van der Waals surface area contributed by atoms with Crippen LogP contribution in [-0.2, 0) is 4.79 Å².